The molecule has 0 heterocycles. The van der Waals surface area contributed by atoms with Crippen molar-refractivity contribution in [2.24, 2.45) is 5.73 Å². The Morgan fingerprint density at radius 3 is 2.08 bits per heavy atom. The number of hydrogen-bond donors (Lipinski definition) is 3. The van der Waals surface area contributed by atoms with Gasteiger partial charge in [-0.05, 0) is 42.8 Å². The minimum absolute atomic E-state index is 0.121. The molecule has 5 nitrogen and oxygen atoms in total. The van der Waals surface area contributed by atoms with E-state index >= 15 is 0 Å². The average Bonchev–Trinajstić information content (AvgIpc) is 2.57. The summed E-state index contributed by atoms with van der Waals surface area (Å²) in [5.74, 6) is -0.740. The van der Waals surface area contributed by atoms with Gasteiger partial charge in [0, 0.05) is 6.42 Å². The van der Waals surface area contributed by atoms with Crippen LogP contribution in [0.5, 0.6) is 0 Å². The van der Waals surface area contributed by atoms with Crippen LogP contribution in [0.2, 0.25) is 0 Å². The topological polar surface area (TPSA) is 84.2 Å². The summed E-state index contributed by atoms with van der Waals surface area (Å²) in [6, 6.07) is 12.7. The highest BCUT2D eigenvalue weighted by molar-refractivity contribution is 6.00. The molecule has 0 bridgehead atoms. The van der Waals surface area contributed by atoms with E-state index in [9.17, 15) is 14.0 Å². The number of carbonyl (C=O) groups excluding carboxylic acids is 2. The molecule has 0 radical (unpaired) electrons. The molecule has 24 heavy (non-hydrogen) atoms. The number of anilines is 2. The zero-order chi connectivity index (χ0) is 17.4. The minimum Gasteiger partial charge on any atom is -0.330 e. The lowest BCUT2D eigenvalue weighted by atomic mass is 10.1. The molecule has 126 valence electrons. The van der Waals surface area contributed by atoms with Crippen molar-refractivity contribution in [2.45, 2.75) is 19.3 Å². The monoisotopic (exact) mass is 329 g/mol. The molecule has 0 unspecified atom stereocenters. The fraction of sp³-hybridized carbons (Fsp3) is 0.222. The maximum atomic E-state index is 12.9. The first-order valence-electron chi connectivity index (χ1n) is 7.71. The summed E-state index contributed by atoms with van der Waals surface area (Å²) in [4.78, 5) is 24.0. The first-order chi connectivity index (χ1) is 11.6. The van der Waals surface area contributed by atoms with Gasteiger partial charge >= 0.3 is 0 Å². The second-order valence-electron chi connectivity index (χ2n) is 5.34. The number of para-hydroxylation sites is 2. The van der Waals surface area contributed by atoms with Gasteiger partial charge in [-0.2, -0.15) is 0 Å². The maximum Gasteiger partial charge on any atom is 0.228 e. The Labute approximate surface area is 140 Å². The molecule has 0 atom stereocenters. The summed E-state index contributed by atoms with van der Waals surface area (Å²) in [5, 5.41) is 5.53. The molecular weight excluding hydrogens is 309 g/mol. The number of hydrogen-bond acceptors (Lipinski definition) is 3. The standard InChI is InChI=1S/C18H20FN3O2/c19-14-9-7-13(8-10-14)12-18(24)22-16-5-2-1-4-15(16)21-17(23)6-3-11-20/h1-2,4-5,7-10H,3,6,11-12,20H2,(H,21,23)(H,22,24). The summed E-state index contributed by atoms with van der Waals surface area (Å²) in [5.41, 5.74) is 7.15. The number of amides is 2. The summed E-state index contributed by atoms with van der Waals surface area (Å²) >= 11 is 0. The van der Waals surface area contributed by atoms with Crippen molar-refractivity contribution in [1.29, 1.82) is 0 Å². The molecule has 0 saturated carbocycles. The largest absolute Gasteiger partial charge is 0.330 e. The highest BCUT2D eigenvalue weighted by atomic mass is 19.1. The van der Waals surface area contributed by atoms with Crippen LogP contribution in [-0.2, 0) is 16.0 Å². The van der Waals surface area contributed by atoms with Crippen LogP contribution in [0.15, 0.2) is 48.5 Å². The van der Waals surface area contributed by atoms with Gasteiger partial charge < -0.3 is 16.4 Å². The number of rotatable bonds is 7. The first-order valence-corrected chi connectivity index (χ1v) is 7.71. The molecule has 4 N–H and O–H groups in total. The smallest absolute Gasteiger partial charge is 0.228 e. The molecule has 0 aliphatic heterocycles. The predicted octanol–water partition coefficient (Wildman–Crippen LogP) is 2.68. The number of carbonyl (C=O) groups is 2. The number of halogens is 1. The van der Waals surface area contributed by atoms with Crippen LogP contribution >= 0.6 is 0 Å². The van der Waals surface area contributed by atoms with Gasteiger partial charge in [0.05, 0.1) is 17.8 Å². The Kier molecular flexibility index (Phi) is 6.45. The van der Waals surface area contributed by atoms with Gasteiger partial charge in [-0.25, -0.2) is 4.39 Å². The normalized spacial score (nSPS) is 10.2. The Hall–Kier alpha value is -2.73. The van der Waals surface area contributed by atoms with E-state index in [4.69, 9.17) is 5.73 Å². The van der Waals surface area contributed by atoms with Crippen LogP contribution in [0.25, 0.3) is 0 Å². The van der Waals surface area contributed by atoms with Crippen LogP contribution in [0.3, 0.4) is 0 Å². The van der Waals surface area contributed by atoms with Crippen molar-refractivity contribution in [1.82, 2.24) is 0 Å². The highest BCUT2D eigenvalue weighted by Gasteiger charge is 2.10. The van der Waals surface area contributed by atoms with Gasteiger partial charge in [0.15, 0.2) is 0 Å². The summed E-state index contributed by atoms with van der Waals surface area (Å²) in [6.07, 6.45) is 1.05. The maximum absolute atomic E-state index is 12.9. The van der Waals surface area contributed by atoms with Crippen LogP contribution in [-0.4, -0.2) is 18.4 Å². The Morgan fingerprint density at radius 2 is 1.50 bits per heavy atom. The van der Waals surface area contributed by atoms with E-state index in [0.29, 0.717) is 36.3 Å². The Morgan fingerprint density at radius 1 is 0.917 bits per heavy atom. The van der Waals surface area contributed by atoms with Gasteiger partial charge in [-0.1, -0.05) is 24.3 Å². The van der Waals surface area contributed by atoms with Crippen molar-refractivity contribution in [2.75, 3.05) is 17.2 Å². The molecule has 0 aliphatic carbocycles. The van der Waals surface area contributed by atoms with Crippen molar-refractivity contribution in [3.63, 3.8) is 0 Å². The van der Waals surface area contributed by atoms with Gasteiger partial charge in [0.1, 0.15) is 5.82 Å². The minimum atomic E-state index is -0.343. The van der Waals surface area contributed by atoms with Crippen LogP contribution in [0.1, 0.15) is 18.4 Å². The van der Waals surface area contributed by atoms with Crippen molar-refractivity contribution < 1.29 is 14.0 Å². The summed E-state index contributed by atoms with van der Waals surface area (Å²) in [7, 11) is 0. The lowest BCUT2D eigenvalue weighted by Gasteiger charge is -2.12. The summed E-state index contributed by atoms with van der Waals surface area (Å²) in [6.45, 7) is 0.448. The van der Waals surface area contributed by atoms with Gasteiger partial charge in [0.25, 0.3) is 0 Å². The molecule has 0 aliphatic rings. The molecule has 0 aromatic heterocycles. The lowest BCUT2D eigenvalue weighted by Crippen LogP contribution is -2.18. The Bertz CT molecular complexity index is 702. The SMILES string of the molecule is NCCCC(=O)Nc1ccccc1NC(=O)Cc1ccc(F)cc1. The number of nitrogens with one attached hydrogen (secondary N) is 2. The molecule has 6 heteroatoms. The van der Waals surface area contributed by atoms with E-state index < -0.39 is 0 Å². The third kappa shape index (κ3) is 5.48. The van der Waals surface area contributed by atoms with Crippen molar-refractivity contribution in [3.05, 3.63) is 59.9 Å². The molecule has 2 rings (SSSR count). The van der Waals surface area contributed by atoms with Gasteiger partial charge in [0.2, 0.25) is 11.8 Å². The zero-order valence-corrected chi connectivity index (χ0v) is 13.2. The molecule has 2 aromatic rings. The predicted molar refractivity (Wildman–Crippen MR) is 92.1 cm³/mol. The molecule has 2 amide bonds. The fourth-order valence-electron chi connectivity index (χ4n) is 2.16. The van der Waals surface area contributed by atoms with Gasteiger partial charge in [-0.15, -0.1) is 0 Å². The second kappa shape index (κ2) is 8.79. The van der Waals surface area contributed by atoms with E-state index in [1.54, 1.807) is 36.4 Å². The van der Waals surface area contributed by atoms with E-state index in [1.807, 2.05) is 0 Å². The van der Waals surface area contributed by atoms with Crippen molar-refractivity contribution >= 4 is 23.2 Å². The number of benzene rings is 2. The van der Waals surface area contributed by atoms with E-state index in [1.165, 1.54) is 12.1 Å². The molecule has 0 saturated heterocycles. The molecule has 0 spiro atoms. The summed E-state index contributed by atoms with van der Waals surface area (Å²) < 4.78 is 12.9. The van der Waals surface area contributed by atoms with E-state index in [2.05, 4.69) is 10.6 Å². The average molecular weight is 329 g/mol. The first kappa shape index (κ1) is 17.6. The van der Waals surface area contributed by atoms with Crippen LogP contribution in [0.4, 0.5) is 15.8 Å². The zero-order valence-electron chi connectivity index (χ0n) is 13.2. The van der Waals surface area contributed by atoms with Crippen LogP contribution < -0.4 is 16.4 Å². The van der Waals surface area contributed by atoms with E-state index in [-0.39, 0.29) is 24.1 Å². The van der Waals surface area contributed by atoms with E-state index in [0.717, 1.165) is 0 Å². The third-order valence-electron chi connectivity index (χ3n) is 3.36. The molecular formula is C18H20FN3O2. The number of nitrogens with two attached hydrogens (primary N) is 1. The molecule has 0 fully saturated rings. The molecule has 2 aromatic carbocycles. The highest BCUT2D eigenvalue weighted by Crippen LogP contribution is 2.21. The Balaban J connectivity index is 1.99. The lowest BCUT2D eigenvalue weighted by molar-refractivity contribution is -0.117. The van der Waals surface area contributed by atoms with Crippen molar-refractivity contribution in [3.8, 4) is 0 Å². The third-order valence-corrected chi connectivity index (χ3v) is 3.36. The fourth-order valence-corrected chi connectivity index (χ4v) is 2.16. The second-order valence-corrected chi connectivity index (χ2v) is 5.34. The van der Waals surface area contributed by atoms with Gasteiger partial charge in [-0.3, -0.25) is 9.59 Å². The quantitative estimate of drug-likeness (QED) is 0.730. The van der Waals surface area contributed by atoms with Crippen LogP contribution in [0, 0.1) is 5.82 Å².